The van der Waals surface area contributed by atoms with Crippen molar-refractivity contribution in [2.75, 3.05) is 0 Å². The summed E-state index contributed by atoms with van der Waals surface area (Å²) in [7, 11) is 0. The van der Waals surface area contributed by atoms with E-state index in [0.717, 1.165) is 6.07 Å². The van der Waals surface area contributed by atoms with Crippen molar-refractivity contribution in [1.82, 2.24) is 4.98 Å². The Kier molecular flexibility index (Phi) is 2.58. The first kappa shape index (κ1) is 9.73. The fraction of sp³-hybridized carbons (Fsp3) is 0.167. The highest BCUT2D eigenvalue weighted by Crippen LogP contribution is 2.30. The van der Waals surface area contributed by atoms with Crippen LogP contribution in [-0.4, -0.2) is 4.98 Å². The first-order valence-electron chi connectivity index (χ1n) is 2.86. The van der Waals surface area contributed by atoms with Gasteiger partial charge in [-0.3, -0.25) is 0 Å². The van der Waals surface area contributed by atoms with Gasteiger partial charge in [-0.1, -0.05) is 12.2 Å². The third-order valence-corrected chi connectivity index (χ3v) is 1.97. The van der Waals surface area contributed by atoms with Crippen LogP contribution in [0.5, 0.6) is 0 Å². The molecular formula is C6H3BrF3NS. The summed E-state index contributed by atoms with van der Waals surface area (Å²) in [5.41, 5.74) is -0.827. The van der Waals surface area contributed by atoms with E-state index in [1.54, 1.807) is 0 Å². The molecule has 0 atom stereocenters. The summed E-state index contributed by atoms with van der Waals surface area (Å²) >= 11 is 7.37. The lowest BCUT2D eigenvalue weighted by atomic mass is 10.3. The molecule has 1 heterocycles. The largest absolute Gasteiger partial charge is 0.419 e. The Morgan fingerprint density at radius 1 is 1.42 bits per heavy atom. The van der Waals surface area contributed by atoms with E-state index in [-0.39, 0.29) is 4.64 Å². The number of halogens is 4. The molecule has 0 saturated heterocycles. The molecular weight excluding hydrogens is 255 g/mol. The molecule has 0 aromatic carbocycles. The van der Waals surface area contributed by atoms with Gasteiger partial charge in [0, 0.05) is 10.7 Å². The Hall–Kier alpha value is -0.360. The maximum Gasteiger partial charge on any atom is 0.419 e. The zero-order chi connectivity index (χ0) is 9.35. The maximum atomic E-state index is 12.1. The Balaban J connectivity index is 3.33. The zero-order valence-corrected chi connectivity index (χ0v) is 7.98. The van der Waals surface area contributed by atoms with Crippen molar-refractivity contribution in [3.63, 3.8) is 0 Å². The number of H-pyrrole nitrogens is 1. The number of hydrogen-bond donors (Lipinski definition) is 1. The molecule has 0 bridgehead atoms. The van der Waals surface area contributed by atoms with Crippen LogP contribution in [0.4, 0.5) is 13.2 Å². The van der Waals surface area contributed by atoms with Crippen molar-refractivity contribution in [3.8, 4) is 0 Å². The number of nitrogens with one attached hydrogen (secondary N) is 1. The molecule has 0 saturated carbocycles. The second-order valence-electron chi connectivity index (χ2n) is 2.06. The first-order chi connectivity index (χ1) is 5.41. The highest BCUT2D eigenvalue weighted by Gasteiger charge is 2.32. The highest BCUT2D eigenvalue weighted by molar-refractivity contribution is 9.10. The summed E-state index contributed by atoms with van der Waals surface area (Å²) in [5.74, 6) is 0. The lowest BCUT2D eigenvalue weighted by molar-refractivity contribution is -0.138. The average molecular weight is 258 g/mol. The average Bonchev–Trinajstić information content (AvgIpc) is 1.92. The third-order valence-electron chi connectivity index (χ3n) is 1.17. The standard InChI is InChI=1S/C6H3BrF3NS/c7-3-1-4(6(8,9)10)5(12)11-2-3/h1-2H,(H,11,12). The number of rotatable bonds is 0. The van der Waals surface area contributed by atoms with E-state index in [1.807, 2.05) is 0 Å². The van der Waals surface area contributed by atoms with Gasteiger partial charge >= 0.3 is 6.18 Å². The SMILES string of the molecule is FC(F)(F)c1cc(Br)c[nH]c1=S. The summed E-state index contributed by atoms with van der Waals surface area (Å²) in [4.78, 5) is 2.32. The van der Waals surface area contributed by atoms with E-state index in [1.165, 1.54) is 6.20 Å². The molecule has 0 unspecified atom stereocenters. The van der Waals surface area contributed by atoms with Gasteiger partial charge in [-0.05, 0) is 22.0 Å². The normalized spacial score (nSPS) is 11.7. The Bertz CT molecular complexity index is 343. The van der Waals surface area contributed by atoms with Crippen molar-refractivity contribution in [2.45, 2.75) is 6.18 Å². The van der Waals surface area contributed by atoms with E-state index in [2.05, 4.69) is 33.1 Å². The van der Waals surface area contributed by atoms with Gasteiger partial charge in [0.1, 0.15) is 4.64 Å². The molecule has 0 aliphatic heterocycles. The molecule has 1 rings (SSSR count). The molecule has 0 fully saturated rings. The summed E-state index contributed by atoms with van der Waals surface area (Å²) in [6, 6.07) is 0.943. The van der Waals surface area contributed by atoms with E-state index < -0.39 is 11.7 Å². The van der Waals surface area contributed by atoms with Gasteiger partial charge in [0.2, 0.25) is 0 Å². The van der Waals surface area contributed by atoms with Gasteiger partial charge in [-0.2, -0.15) is 13.2 Å². The molecule has 0 amide bonds. The minimum absolute atomic E-state index is 0.300. The maximum absolute atomic E-state index is 12.1. The minimum atomic E-state index is -4.39. The van der Waals surface area contributed by atoms with Crippen molar-refractivity contribution in [2.24, 2.45) is 0 Å². The number of alkyl halides is 3. The summed E-state index contributed by atoms with van der Waals surface area (Å²) in [5, 5.41) is 0. The summed E-state index contributed by atoms with van der Waals surface area (Å²) in [6.07, 6.45) is -3.03. The molecule has 6 heteroatoms. The zero-order valence-electron chi connectivity index (χ0n) is 5.57. The lowest BCUT2D eigenvalue weighted by Gasteiger charge is -2.05. The Labute approximate surface area is 79.7 Å². The van der Waals surface area contributed by atoms with Crippen LogP contribution in [-0.2, 0) is 6.18 Å². The van der Waals surface area contributed by atoms with Crippen LogP contribution >= 0.6 is 28.1 Å². The van der Waals surface area contributed by atoms with Crippen molar-refractivity contribution in [3.05, 3.63) is 26.9 Å². The summed E-state index contributed by atoms with van der Waals surface area (Å²) < 4.78 is 36.4. The van der Waals surface area contributed by atoms with Gasteiger partial charge in [-0.25, -0.2) is 0 Å². The van der Waals surface area contributed by atoms with E-state index >= 15 is 0 Å². The van der Waals surface area contributed by atoms with Crippen molar-refractivity contribution in [1.29, 1.82) is 0 Å². The first-order valence-corrected chi connectivity index (χ1v) is 4.07. The topological polar surface area (TPSA) is 15.8 Å². The smallest absolute Gasteiger partial charge is 0.351 e. The monoisotopic (exact) mass is 257 g/mol. The number of hydrogen-bond acceptors (Lipinski definition) is 1. The minimum Gasteiger partial charge on any atom is -0.351 e. The van der Waals surface area contributed by atoms with Crippen LogP contribution in [0, 0.1) is 4.64 Å². The number of aromatic amines is 1. The fourth-order valence-electron chi connectivity index (χ4n) is 0.668. The van der Waals surface area contributed by atoms with Crippen molar-refractivity contribution < 1.29 is 13.2 Å². The second-order valence-corrected chi connectivity index (χ2v) is 3.38. The molecule has 0 radical (unpaired) electrons. The second kappa shape index (κ2) is 3.18. The predicted molar refractivity (Wildman–Crippen MR) is 44.3 cm³/mol. The van der Waals surface area contributed by atoms with Crippen LogP contribution in [0.1, 0.15) is 5.56 Å². The molecule has 1 aromatic rings. The van der Waals surface area contributed by atoms with E-state index in [9.17, 15) is 13.2 Å². The molecule has 1 aromatic heterocycles. The molecule has 66 valence electrons. The molecule has 1 N–H and O–H groups in total. The van der Waals surface area contributed by atoms with Gasteiger partial charge in [0.15, 0.2) is 0 Å². The van der Waals surface area contributed by atoms with Gasteiger partial charge in [0.25, 0.3) is 0 Å². The quantitative estimate of drug-likeness (QED) is 0.704. The van der Waals surface area contributed by atoms with Crippen LogP contribution in [0.25, 0.3) is 0 Å². The Morgan fingerprint density at radius 2 is 2.00 bits per heavy atom. The molecule has 0 aliphatic rings. The molecule has 1 nitrogen and oxygen atoms in total. The third kappa shape index (κ3) is 2.07. The van der Waals surface area contributed by atoms with E-state index in [0.29, 0.717) is 4.47 Å². The van der Waals surface area contributed by atoms with E-state index in [4.69, 9.17) is 0 Å². The fourth-order valence-corrected chi connectivity index (χ4v) is 1.24. The van der Waals surface area contributed by atoms with Crippen LogP contribution in [0.2, 0.25) is 0 Å². The van der Waals surface area contributed by atoms with Gasteiger partial charge < -0.3 is 4.98 Å². The summed E-state index contributed by atoms with van der Waals surface area (Å²) in [6.45, 7) is 0. The number of aromatic nitrogens is 1. The van der Waals surface area contributed by atoms with Crippen molar-refractivity contribution >= 4 is 28.1 Å². The van der Waals surface area contributed by atoms with Crippen LogP contribution in [0.15, 0.2) is 16.7 Å². The lowest BCUT2D eigenvalue weighted by Crippen LogP contribution is -2.06. The number of pyridine rings is 1. The molecule has 0 spiro atoms. The Morgan fingerprint density at radius 3 is 2.42 bits per heavy atom. The van der Waals surface area contributed by atoms with Gasteiger partial charge in [-0.15, -0.1) is 0 Å². The van der Waals surface area contributed by atoms with Crippen LogP contribution in [0.3, 0.4) is 0 Å². The molecule has 0 aliphatic carbocycles. The van der Waals surface area contributed by atoms with Gasteiger partial charge in [0.05, 0.1) is 5.56 Å². The van der Waals surface area contributed by atoms with Crippen LogP contribution < -0.4 is 0 Å². The highest BCUT2D eigenvalue weighted by atomic mass is 79.9. The molecule has 12 heavy (non-hydrogen) atoms. The predicted octanol–water partition coefficient (Wildman–Crippen LogP) is 3.53.